The predicted molar refractivity (Wildman–Crippen MR) is 84.5 cm³/mol. The standard InChI is InChI=1S/C16H25N3O2/c1-3-17-15-12-21-11-14(15)16(20)18-9-10-19(2)13-7-5-4-6-8-13/h4-8,14-15,17H,3,9-12H2,1-2H3,(H,18,20). The van der Waals surface area contributed by atoms with E-state index in [9.17, 15) is 4.79 Å². The Balaban J connectivity index is 1.74. The fraction of sp³-hybridized carbons (Fsp3) is 0.562. The number of nitrogens with zero attached hydrogens (tertiary/aromatic N) is 1. The number of amides is 1. The molecule has 1 aliphatic heterocycles. The van der Waals surface area contributed by atoms with Gasteiger partial charge >= 0.3 is 0 Å². The second-order valence-corrected chi connectivity index (χ2v) is 5.36. The van der Waals surface area contributed by atoms with Gasteiger partial charge in [-0.1, -0.05) is 25.1 Å². The average molecular weight is 291 g/mol. The van der Waals surface area contributed by atoms with E-state index in [2.05, 4.69) is 27.7 Å². The topological polar surface area (TPSA) is 53.6 Å². The van der Waals surface area contributed by atoms with Crippen molar-refractivity contribution in [2.45, 2.75) is 13.0 Å². The number of carbonyl (C=O) groups excluding carboxylic acids is 1. The lowest BCUT2D eigenvalue weighted by Gasteiger charge is -2.21. The second-order valence-electron chi connectivity index (χ2n) is 5.36. The van der Waals surface area contributed by atoms with Crippen LogP contribution in [-0.2, 0) is 9.53 Å². The highest BCUT2D eigenvalue weighted by Gasteiger charge is 2.33. The molecule has 1 aliphatic rings. The van der Waals surface area contributed by atoms with Crippen molar-refractivity contribution in [2.24, 2.45) is 5.92 Å². The molecule has 0 aromatic heterocycles. The number of benzene rings is 1. The maximum atomic E-state index is 12.2. The van der Waals surface area contributed by atoms with Crippen LogP contribution in [0.3, 0.4) is 0 Å². The SMILES string of the molecule is CCNC1COCC1C(=O)NCCN(C)c1ccccc1. The summed E-state index contributed by atoms with van der Waals surface area (Å²) in [5.41, 5.74) is 1.15. The maximum absolute atomic E-state index is 12.2. The van der Waals surface area contributed by atoms with Crippen molar-refractivity contribution in [1.29, 1.82) is 0 Å². The van der Waals surface area contributed by atoms with Gasteiger partial charge in [0.2, 0.25) is 5.91 Å². The van der Waals surface area contributed by atoms with E-state index in [1.807, 2.05) is 32.2 Å². The number of para-hydroxylation sites is 1. The molecule has 0 radical (unpaired) electrons. The molecule has 2 atom stereocenters. The minimum absolute atomic E-state index is 0.0769. The first-order chi connectivity index (χ1) is 10.2. The lowest BCUT2D eigenvalue weighted by molar-refractivity contribution is -0.125. The molecule has 1 aromatic carbocycles. The summed E-state index contributed by atoms with van der Waals surface area (Å²) >= 11 is 0. The number of carbonyl (C=O) groups is 1. The zero-order chi connectivity index (χ0) is 15.1. The minimum atomic E-state index is -0.0769. The number of hydrogen-bond donors (Lipinski definition) is 2. The van der Waals surface area contributed by atoms with Crippen molar-refractivity contribution >= 4 is 11.6 Å². The number of likely N-dealkylation sites (N-methyl/N-ethyl adjacent to an activating group) is 2. The molecule has 21 heavy (non-hydrogen) atoms. The Morgan fingerprint density at radius 3 is 2.81 bits per heavy atom. The van der Waals surface area contributed by atoms with Crippen molar-refractivity contribution in [2.75, 3.05) is 44.8 Å². The highest BCUT2D eigenvalue weighted by atomic mass is 16.5. The van der Waals surface area contributed by atoms with Gasteiger partial charge in [-0.05, 0) is 18.7 Å². The third kappa shape index (κ3) is 4.44. The van der Waals surface area contributed by atoms with Gasteiger partial charge in [-0.2, -0.15) is 0 Å². The van der Waals surface area contributed by atoms with E-state index in [0.717, 1.165) is 18.8 Å². The number of ether oxygens (including phenoxy) is 1. The first-order valence-electron chi connectivity index (χ1n) is 7.57. The minimum Gasteiger partial charge on any atom is -0.379 e. The predicted octanol–water partition coefficient (Wildman–Crippen LogP) is 0.864. The number of rotatable bonds is 7. The fourth-order valence-corrected chi connectivity index (χ4v) is 2.57. The molecule has 5 heteroatoms. The van der Waals surface area contributed by atoms with Crippen LogP contribution in [0, 0.1) is 5.92 Å². The normalized spacial score (nSPS) is 21.2. The van der Waals surface area contributed by atoms with Crippen LogP contribution < -0.4 is 15.5 Å². The van der Waals surface area contributed by atoms with Crippen LogP contribution in [-0.4, -0.2) is 51.8 Å². The molecular formula is C16H25N3O2. The van der Waals surface area contributed by atoms with Gasteiger partial charge in [0.05, 0.1) is 19.1 Å². The van der Waals surface area contributed by atoms with Crippen molar-refractivity contribution < 1.29 is 9.53 Å². The summed E-state index contributed by atoms with van der Waals surface area (Å²) in [7, 11) is 2.03. The Bertz CT molecular complexity index is 438. The first kappa shape index (κ1) is 15.8. The Hall–Kier alpha value is -1.59. The van der Waals surface area contributed by atoms with Crippen LogP contribution in [0.15, 0.2) is 30.3 Å². The van der Waals surface area contributed by atoms with Crippen LogP contribution in [0.5, 0.6) is 0 Å². The molecule has 2 unspecified atom stereocenters. The van der Waals surface area contributed by atoms with E-state index < -0.39 is 0 Å². The van der Waals surface area contributed by atoms with Crippen LogP contribution in [0.2, 0.25) is 0 Å². The largest absolute Gasteiger partial charge is 0.379 e. The Kier molecular flexibility index (Phi) is 6.02. The molecule has 1 amide bonds. The Morgan fingerprint density at radius 1 is 1.33 bits per heavy atom. The monoisotopic (exact) mass is 291 g/mol. The molecule has 1 aromatic rings. The smallest absolute Gasteiger partial charge is 0.227 e. The van der Waals surface area contributed by atoms with Crippen LogP contribution in [0.1, 0.15) is 6.92 Å². The third-order valence-corrected chi connectivity index (χ3v) is 3.83. The van der Waals surface area contributed by atoms with E-state index in [0.29, 0.717) is 19.8 Å². The van der Waals surface area contributed by atoms with E-state index in [1.165, 1.54) is 0 Å². The van der Waals surface area contributed by atoms with Crippen LogP contribution in [0.25, 0.3) is 0 Å². The average Bonchev–Trinajstić information content (AvgIpc) is 2.96. The Morgan fingerprint density at radius 2 is 2.10 bits per heavy atom. The quantitative estimate of drug-likeness (QED) is 0.782. The molecule has 0 spiro atoms. The summed E-state index contributed by atoms with van der Waals surface area (Å²) in [6, 6.07) is 10.3. The summed E-state index contributed by atoms with van der Waals surface area (Å²) in [6.07, 6.45) is 0. The van der Waals surface area contributed by atoms with Crippen molar-refractivity contribution in [3.05, 3.63) is 30.3 Å². The number of anilines is 1. The maximum Gasteiger partial charge on any atom is 0.227 e. The summed E-state index contributed by atoms with van der Waals surface area (Å²) in [5, 5.41) is 6.32. The lowest BCUT2D eigenvalue weighted by atomic mass is 10.0. The van der Waals surface area contributed by atoms with Gasteiger partial charge < -0.3 is 20.3 Å². The van der Waals surface area contributed by atoms with Crippen LogP contribution in [0.4, 0.5) is 5.69 Å². The highest BCUT2D eigenvalue weighted by Crippen LogP contribution is 2.14. The van der Waals surface area contributed by atoms with E-state index >= 15 is 0 Å². The molecule has 1 fully saturated rings. The number of hydrogen-bond acceptors (Lipinski definition) is 4. The van der Waals surface area contributed by atoms with Crippen LogP contribution >= 0.6 is 0 Å². The summed E-state index contributed by atoms with van der Waals surface area (Å²) in [6.45, 7) is 5.46. The zero-order valence-electron chi connectivity index (χ0n) is 12.8. The molecule has 2 N–H and O–H groups in total. The first-order valence-corrected chi connectivity index (χ1v) is 7.57. The molecule has 5 nitrogen and oxygen atoms in total. The van der Waals surface area contributed by atoms with Gasteiger partial charge in [0.1, 0.15) is 0 Å². The highest BCUT2D eigenvalue weighted by molar-refractivity contribution is 5.79. The molecular weight excluding hydrogens is 266 g/mol. The van der Waals surface area contributed by atoms with E-state index in [-0.39, 0.29) is 17.9 Å². The van der Waals surface area contributed by atoms with Crippen molar-refractivity contribution in [1.82, 2.24) is 10.6 Å². The summed E-state index contributed by atoms with van der Waals surface area (Å²) < 4.78 is 5.41. The van der Waals surface area contributed by atoms with Crippen molar-refractivity contribution in [3.63, 3.8) is 0 Å². The van der Waals surface area contributed by atoms with Gasteiger partial charge in [0, 0.05) is 31.9 Å². The molecule has 1 saturated heterocycles. The third-order valence-electron chi connectivity index (χ3n) is 3.83. The van der Waals surface area contributed by atoms with E-state index in [1.54, 1.807) is 0 Å². The zero-order valence-corrected chi connectivity index (χ0v) is 12.8. The molecule has 0 bridgehead atoms. The Labute approximate surface area is 126 Å². The molecule has 2 rings (SSSR count). The van der Waals surface area contributed by atoms with Gasteiger partial charge in [-0.3, -0.25) is 4.79 Å². The molecule has 116 valence electrons. The lowest BCUT2D eigenvalue weighted by Crippen LogP contribution is -2.45. The summed E-state index contributed by atoms with van der Waals surface area (Å²) in [5.74, 6) is 0.00638. The van der Waals surface area contributed by atoms with E-state index in [4.69, 9.17) is 4.74 Å². The molecule has 1 heterocycles. The van der Waals surface area contributed by atoms with Gasteiger partial charge in [-0.25, -0.2) is 0 Å². The fourth-order valence-electron chi connectivity index (χ4n) is 2.57. The van der Waals surface area contributed by atoms with Gasteiger partial charge in [-0.15, -0.1) is 0 Å². The van der Waals surface area contributed by atoms with Gasteiger partial charge in [0.15, 0.2) is 0 Å². The molecule has 0 saturated carbocycles. The van der Waals surface area contributed by atoms with Gasteiger partial charge in [0.25, 0.3) is 0 Å². The van der Waals surface area contributed by atoms with Crippen molar-refractivity contribution in [3.8, 4) is 0 Å². The summed E-state index contributed by atoms with van der Waals surface area (Å²) in [4.78, 5) is 14.3. The second kappa shape index (κ2) is 8.00. The number of nitrogens with one attached hydrogen (secondary N) is 2. The molecule has 0 aliphatic carbocycles.